The molecule has 15 heavy (non-hydrogen) atoms. The van der Waals surface area contributed by atoms with Gasteiger partial charge in [0.25, 0.3) is 0 Å². The Morgan fingerprint density at radius 3 is 2.20 bits per heavy atom. The zero-order valence-corrected chi connectivity index (χ0v) is 10.4. The topological polar surface area (TPSA) is 0 Å². The van der Waals surface area contributed by atoms with Gasteiger partial charge in [0.05, 0.1) is 0 Å². The van der Waals surface area contributed by atoms with Crippen molar-refractivity contribution >= 4 is 0 Å². The number of halogens is 1. The fourth-order valence-corrected chi connectivity index (χ4v) is 1.76. The van der Waals surface area contributed by atoms with Crippen LogP contribution in [0.3, 0.4) is 0 Å². The van der Waals surface area contributed by atoms with Gasteiger partial charge >= 0.3 is 0 Å². The Bertz CT molecular complexity index is 332. The summed E-state index contributed by atoms with van der Waals surface area (Å²) in [6.07, 6.45) is 0.919. The molecule has 84 valence electrons. The summed E-state index contributed by atoms with van der Waals surface area (Å²) in [5, 5.41) is 0. The summed E-state index contributed by atoms with van der Waals surface area (Å²) in [4.78, 5) is 0. The third-order valence-corrected chi connectivity index (χ3v) is 2.42. The van der Waals surface area contributed by atoms with Crippen LogP contribution in [0.4, 0.5) is 4.39 Å². The van der Waals surface area contributed by atoms with Gasteiger partial charge in [-0.3, -0.25) is 0 Å². The second-order valence-electron chi connectivity index (χ2n) is 5.75. The molecule has 0 heterocycles. The number of benzene rings is 1. The summed E-state index contributed by atoms with van der Waals surface area (Å²) in [6, 6.07) is 5.64. The van der Waals surface area contributed by atoms with Crippen LogP contribution in [0.1, 0.15) is 51.7 Å². The molecule has 0 amide bonds. The summed E-state index contributed by atoms with van der Waals surface area (Å²) in [6.45, 7) is 10.5. The van der Waals surface area contributed by atoms with Crippen LogP contribution in [-0.4, -0.2) is 0 Å². The van der Waals surface area contributed by atoms with Gasteiger partial charge in [-0.1, -0.05) is 46.8 Å². The van der Waals surface area contributed by atoms with Gasteiger partial charge in [-0.25, -0.2) is 4.39 Å². The Kier molecular flexibility index (Phi) is 3.54. The lowest BCUT2D eigenvalue weighted by molar-refractivity contribution is 0.410. The summed E-state index contributed by atoms with van der Waals surface area (Å²) < 4.78 is 13.7. The number of hydrogen-bond acceptors (Lipinski definition) is 0. The molecule has 0 bridgehead atoms. The van der Waals surface area contributed by atoms with E-state index in [1.165, 1.54) is 0 Å². The SMILES string of the molecule is CC(C)c1ccc(CC(C)(C)C)cc1F. The average molecular weight is 208 g/mol. The Morgan fingerprint density at radius 2 is 1.80 bits per heavy atom. The summed E-state index contributed by atoms with van der Waals surface area (Å²) >= 11 is 0. The van der Waals surface area contributed by atoms with E-state index in [4.69, 9.17) is 0 Å². The molecule has 0 aliphatic carbocycles. The summed E-state index contributed by atoms with van der Waals surface area (Å²) in [5.41, 5.74) is 2.11. The van der Waals surface area contributed by atoms with Crippen molar-refractivity contribution < 1.29 is 4.39 Å². The average Bonchev–Trinajstić information content (AvgIpc) is 1.99. The Labute approximate surface area is 92.5 Å². The van der Waals surface area contributed by atoms with Gasteiger partial charge in [0.15, 0.2) is 0 Å². The van der Waals surface area contributed by atoms with E-state index in [0.717, 1.165) is 17.5 Å². The zero-order chi connectivity index (χ0) is 11.6. The van der Waals surface area contributed by atoms with E-state index in [9.17, 15) is 4.39 Å². The van der Waals surface area contributed by atoms with Gasteiger partial charge in [0.2, 0.25) is 0 Å². The first-order valence-corrected chi connectivity index (χ1v) is 5.58. The van der Waals surface area contributed by atoms with Gasteiger partial charge in [0.1, 0.15) is 5.82 Å². The lowest BCUT2D eigenvalue weighted by Crippen LogP contribution is -2.09. The van der Waals surface area contributed by atoms with Crippen molar-refractivity contribution in [1.82, 2.24) is 0 Å². The molecule has 0 radical (unpaired) electrons. The Balaban J connectivity index is 2.92. The quantitative estimate of drug-likeness (QED) is 0.669. The van der Waals surface area contributed by atoms with Crippen molar-refractivity contribution in [2.45, 2.75) is 47.0 Å². The molecule has 0 aliphatic rings. The van der Waals surface area contributed by atoms with Gasteiger partial charge in [0, 0.05) is 0 Å². The third-order valence-electron chi connectivity index (χ3n) is 2.42. The monoisotopic (exact) mass is 208 g/mol. The van der Waals surface area contributed by atoms with Gasteiger partial charge < -0.3 is 0 Å². The largest absolute Gasteiger partial charge is 0.207 e. The van der Waals surface area contributed by atoms with Crippen LogP contribution in [0.15, 0.2) is 18.2 Å². The van der Waals surface area contributed by atoms with Crippen LogP contribution in [0.5, 0.6) is 0 Å². The van der Waals surface area contributed by atoms with E-state index in [-0.39, 0.29) is 17.2 Å². The molecule has 0 fully saturated rings. The molecule has 0 N–H and O–H groups in total. The van der Waals surface area contributed by atoms with E-state index < -0.39 is 0 Å². The van der Waals surface area contributed by atoms with Crippen molar-refractivity contribution in [1.29, 1.82) is 0 Å². The van der Waals surface area contributed by atoms with Crippen LogP contribution in [0.25, 0.3) is 0 Å². The molecule has 1 aromatic rings. The third kappa shape index (κ3) is 3.65. The van der Waals surface area contributed by atoms with Crippen molar-refractivity contribution in [3.8, 4) is 0 Å². The van der Waals surface area contributed by atoms with Crippen molar-refractivity contribution in [3.63, 3.8) is 0 Å². The second-order valence-corrected chi connectivity index (χ2v) is 5.75. The molecule has 0 aliphatic heterocycles. The minimum Gasteiger partial charge on any atom is -0.207 e. The molecule has 1 aromatic carbocycles. The first-order chi connectivity index (χ1) is 6.79. The van der Waals surface area contributed by atoms with Crippen LogP contribution in [0.2, 0.25) is 0 Å². The predicted molar refractivity (Wildman–Crippen MR) is 63.6 cm³/mol. The lowest BCUT2D eigenvalue weighted by Gasteiger charge is -2.18. The van der Waals surface area contributed by atoms with E-state index in [1.54, 1.807) is 6.07 Å². The highest BCUT2D eigenvalue weighted by Gasteiger charge is 2.13. The molecule has 1 rings (SSSR count). The fourth-order valence-electron chi connectivity index (χ4n) is 1.76. The molecule has 1 heteroatoms. The molecule has 0 atom stereocenters. The maximum Gasteiger partial charge on any atom is 0.126 e. The fraction of sp³-hybridized carbons (Fsp3) is 0.571. The first-order valence-electron chi connectivity index (χ1n) is 5.58. The Morgan fingerprint density at radius 1 is 1.20 bits per heavy atom. The zero-order valence-electron chi connectivity index (χ0n) is 10.4. The standard InChI is InChI=1S/C14H21F/c1-10(2)12-7-6-11(8-13(12)15)9-14(3,4)5/h6-8,10H,9H2,1-5H3. The second kappa shape index (κ2) is 4.34. The number of rotatable bonds is 2. The first kappa shape index (κ1) is 12.2. The minimum atomic E-state index is -0.0632. The van der Waals surface area contributed by atoms with Crippen LogP contribution in [0, 0.1) is 11.2 Å². The van der Waals surface area contributed by atoms with E-state index >= 15 is 0 Å². The van der Waals surface area contributed by atoms with Gasteiger partial charge in [-0.15, -0.1) is 0 Å². The van der Waals surface area contributed by atoms with Gasteiger partial charge in [-0.2, -0.15) is 0 Å². The van der Waals surface area contributed by atoms with Crippen LogP contribution < -0.4 is 0 Å². The molecule has 0 spiro atoms. The van der Waals surface area contributed by atoms with Crippen LogP contribution >= 0.6 is 0 Å². The molecule has 0 unspecified atom stereocenters. The number of hydrogen-bond donors (Lipinski definition) is 0. The highest BCUT2D eigenvalue weighted by molar-refractivity contribution is 5.27. The predicted octanol–water partition coefficient (Wildman–Crippen LogP) is 4.54. The molecule has 0 aromatic heterocycles. The maximum absolute atomic E-state index is 13.7. The van der Waals surface area contributed by atoms with Crippen molar-refractivity contribution in [2.75, 3.05) is 0 Å². The molecule has 0 saturated carbocycles. The summed E-state index contributed by atoms with van der Waals surface area (Å²) in [5.74, 6) is 0.195. The molecular weight excluding hydrogens is 187 g/mol. The van der Waals surface area contributed by atoms with Crippen molar-refractivity contribution in [2.24, 2.45) is 5.41 Å². The molecule has 0 saturated heterocycles. The molecule has 0 nitrogen and oxygen atoms in total. The van der Waals surface area contributed by atoms with Crippen molar-refractivity contribution in [3.05, 3.63) is 35.1 Å². The van der Waals surface area contributed by atoms with Gasteiger partial charge in [-0.05, 0) is 34.9 Å². The normalized spacial score (nSPS) is 12.2. The highest BCUT2D eigenvalue weighted by atomic mass is 19.1. The lowest BCUT2D eigenvalue weighted by atomic mass is 9.87. The maximum atomic E-state index is 13.7. The van der Waals surface area contributed by atoms with E-state index in [0.29, 0.717) is 0 Å². The van der Waals surface area contributed by atoms with E-state index in [1.807, 2.05) is 26.0 Å². The summed E-state index contributed by atoms with van der Waals surface area (Å²) in [7, 11) is 0. The smallest absolute Gasteiger partial charge is 0.126 e. The van der Waals surface area contributed by atoms with E-state index in [2.05, 4.69) is 20.8 Å². The minimum absolute atomic E-state index is 0.0632. The Hall–Kier alpha value is -0.850. The van der Waals surface area contributed by atoms with Crippen LogP contribution in [-0.2, 0) is 6.42 Å². The molecular formula is C14H21F. The highest BCUT2D eigenvalue weighted by Crippen LogP contribution is 2.24.